The number of benzene rings is 1. The third-order valence-electron chi connectivity index (χ3n) is 2.95. The molecule has 0 fully saturated rings. The zero-order valence-corrected chi connectivity index (χ0v) is 11.1. The molecule has 7 heteroatoms. The summed E-state index contributed by atoms with van der Waals surface area (Å²) in [5.74, 6) is -0.0958. The molecule has 0 saturated heterocycles. The number of pyridine rings is 1. The molecule has 2 heterocycles. The third kappa shape index (κ3) is 2.51. The van der Waals surface area contributed by atoms with Crippen LogP contribution in [-0.2, 0) is 4.84 Å². The van der Waals surface area contributed by atoms with Crippen LogP contribution < -0.4 is 9.96 Å². The van der Waals surface area contributed by atoms with E-state index in [1.165, 1.54) is 19.2 Å². The summed E-state index contributed by atoms with van der Waals surface area (Å²) in [6, 6.07) is 7.43. The third-order valence-corrected chi connectivity index (χ3v) is 2.95. The van der Waals surface area contributed by atoms with E-state index in [0.717, 1.165) is 11.5 Å². The summed E-state index contributed by atoms with van der Waals surface area (Å²) in [6.07, 6.45) is 3.30. The summed E-state index contributed by atoms with van der Waals surface area (Å²) in [4.78, 5) is 11.6. The van der Waals surface area contributed by atoms with Gasteiger partial charge >= 0.3 is 0 Å². The molecule has 0 aliphatic rings. The van der Waals surface area contributed by atoms with Crippen molar-refractivity contribution in [1.82, 2.24) is 9.97 Å². The van der Waals surface area contributed by atoms with E-state index in [2.05, 4.69) is 14.8 Å². The lowest BCUT2D eigenvalue weighted by Crippen LogP contribution is -2.15. The van der Waals surface area contributed by atoms with Crippen molar-refractivity contribution >= 4 is 16.7 Å². The molecule has 108 valence electrons. The monoisotopic (exact) mass is 289 g/mol. The molecule has 3 rings (SSSR count). The molecule has 6 nitrogen and oxygen atoms in total. The predicted octanol–water partition coefficient (Wildman–Crippen LogP) is 3.25. The fourth-order valence-corrected chi connectivity index (χ4v) is 1.94. The molecular formula is C14H12FN3O3. The van der Waals surface area contributed by atoms with Gasteiger partial charge in [0.1, 0.15) is 11.4 Å². The second-order valence-corrected chi connectivity index (χ2v) is 4.22. The maximum absolute atomic E-state index is 14.0. The van der Waals surface area contributed by atoms with Crippen LogP contribution in [-0.4, -0.2) is 22.3 Å². The molecule has 1 aromatic carbocycles. The van der Waals surface area contributed by atoms with Gasteiger partial charge in [-0.3, -0.25) is 10.0 Å². The molecule has 0 aliphatic carbocycles. The van der Waals surface area contributed by atoms with E-state index in [9.17, 15) is 9.60 Å². The summed E-state index contributed by atoms with van der Waals surface area (Å²) >= 11 is 0. The van der Waals surface area contributed by atoms with Crippen molar-refractivity contribution in [3.8, 4) is 11.5 Å². The number of halogens is 1. The highest BCUT2D eigenvalue weighted by atomic mass is 19.1. The Balaban J connectivity index is 1.93. The first-order valence-corrected chi connectivity index (χ1v) is 6.11. The van der Waals surface area contributed by atoms with Gasteiger partial charge in [0.25, 0.3) is 0 Å². The van der Waals surface area contributed by atoms with E-state index in [1.807, 2.05) is 0 Å². The molecule has 0 unspecified atom stereocenters. The van der Waals surface area contributed by atoms with E-state index in [4.69, 9.17) is 4.74 Å². The summed E-state index contributed by atoms with van der Waals surface area (Å²) in [5, 5.41) is 10.6. The van der Waals surface area contributed by atoms with Gasteiger partial charge in [0.05, 0.1) is 18.2 Å². The first-order valence-electron chi connectivity index (χ1n) is 6.11. The Morgan fingerprint density at radius 1 is 1.24 bits per heavy atom. The number of H-pyrrole nitrogens is 1. The second kappa shape index (κ2) is 5.39. The second-order valence-electron chi connectivity index (χ2n) is 4.22. The minimum atomic E-state index is -0.621. The lowest BCUT2D eigenvalue weighted by Gasteiger charge is -2.14. The van der Waals surface area contributed by atoms with Crippen LogP contribution in [0.4, 0.5) is 10.1 Å². The van der Waals surface area contributed by atoms with Crippen LogP contribution in [0.2, 0.25) is 0 Å². The van der Waals surface area contributed by atoms with Gasteiger partial charge in [0.2, 0.25) is 0 Å². The highest BCUT2D eigenvalue weighted by Gasteiger charge is 2.11. The Labute approximate surface area is 119 Å². The highest BCUT2D eigenvalue weighted by molar-refractivity contribution is 5.82. The molecule has 3 aromatic rings. The normalized spacial score (nSPS) is 10.8. The van der Waals surface area contributed by atoms with Crippen molar-refractivity contribution in [3.05, 3.63) is 48.5 Å². The number of ether oxygens (including phenoxy) is 1. The number of nitrogens with zero attached hydrogens (tertiary/aromatic N) is 2. The van der Waals surface area contributed by atoms with E-state index < -0.39 is 5.82 Å². The van der Waals surface area contributed by atoms with Gasteiger partial charge < -0.3 is 9.72 Å². The number of fused-ring (bicyclic) bond motifs is 1. The van der Waals surface area contributed by atoms with Gasteiger partial charge in [-0.05, 0) is 24.3 Å². The van der Waals surface area contributed by atoms with Gasteiger partial charge in [0, 0.05) is 18.5 Å². The van der Waals surface area contributed by atoms with Crippen LogP contribution in [0.5, 0.6) is 11.5 Å². The minimum absolute atomic E-state index is 0.0388. The zero-order chi connectivity index (χ0) is 14.8. The smallest absolute Gasteiger partial charge is 0.167 e. The molecule has 21 heavy (non-hydrogen) atoms. The van der Waals surface area contributed by atoms with Crippen LogP contribution in [0, 0.1) is 5.82 Å². The van der Waals surface area contributed by atoms with E-state index in [-0.39, 0.29) is 11.4 Å². The van der Waals surface area contributed by atoms with Crippen LogP contribution in [0.25, 0.3) is 11.0 Å². The summed E-state index contributed by atoms with van der Waals surface area (Å²) < 4.78 is 19.6. The molecule has 0 radical (unpaired) electrons. The molecule has 0 spiro atoms. The zero-order valence-electron chi connectivity index (χ0n) is 11.1. The number of anilines is 1. The first-order chi connectivity index (χ1) is 10.2. The topological polar surface area (TPSA) is 70.6 Å². The maximum atomic E-state index is 14.0. The first kappa shape index (κ1) is 13.3. The van der Waals surface area contributed by atoms with Crippen molar-refractivity contribution in [2.75, 3.05) is 12.3 Å². The average Bonchev–Trinajstić information content (AvgIpc) is 2.98. The number of aromatic nitrogens is 2. The van der Waals surface area contributed by atoms with Crippen molar-refractivity contribution in [2.45, 2.75) is 0 Å². The lowest BCUT2D eigenvalue weighted by atomic mass is 10.3. The Bertz CT molecular complexity index is 775. The van der Waals surface area contributed by atoms with E-state index in [0.29, 0.717) is 16.6 Å². The van der Waals surface area contributed by atoms with Gasteiger partial charge in [-0.1, -0.05) is 0 Å². The average molecular weight is 289 g/mol. The number of aromatic amines is 1. The van der Waals surface area contributed by atoms with Crippen LogP contribution >= 0.6 is 0 Å². The predicted molar refractivity (Wildman–Crippen MR) is 73.8 cm³/mol. The summed E-state index contributed by atoms with van der Waals surface area (Å²) in [5.41, 5.74) is 0.814. The van der Waals surface area contributed by atoms with Gasteiger partial charge in [0.15, 0.2) is 11.6 Å². The number of nitrogens with one attached hydrogen (secondary N) is 1. The van der Waals surface area contributed by atoms with Crippen LogP contribution in [0.3, 0.4) is 0 Å². The fourth-order valence-electron chi connectivity index (χ4n) is 1.94. The highest BCUT2D eigenvalue weighted by Crippen LogP contribution is 2.31. The van der Waals surface area contributed by atoms with E-state index in [1.54, 1.807) is 24.5 Å². The van der Waals surface area contributed by atoms with Crippen LogP contribution in [0.1, 0.15) is 0 Å². The number of hydrogen-bond acceptors (Lipinski definition) is 5. The SMILES string of the molecule is CON(O)c1ccc(Oc2ccnc3[nH]ccc23)c(F)c1. The van der Waals surface area contributed by atoms with E-state index >= 15 is 0 Å². The maximum Gasteiger partial charge on any atom is 0.167 e. The van der Waals surface area contributed by atoms with Gasteiger partial charge in [-0.15, -0.1) is 5.23 Å². The molecular weight excluding hydrogens is 277 g/mol. The Morgan fingerprint density at radius 3 is 2.86 bits per heavy atom. The molecule has 0 saturated carbocycles. The van der Waals surface area contributed by atoms with Crippen molar-refractivity contribution in [3.63, 3.8) is 0 Å². The van der Waals surface area contributed by atoms with Gasteiger partial charge in [-0.25, -0.2) is 9.37 Å². The van der Waals surface area contributed by atoms with Gasteiger partial charge in [-0.2, -0.15) is 0 Å². The number of hydrogen-bond donors (Lipinski definition) is 2. The lowest BCUT2D eigenvalue weighted by molar-refractivity contribution is -0.0111. The molecule has 0 amide bonds. The molecule has 0 atom stereocenters. The summed E-state index contributed by atoms with van der Waals surface area (Å²) in [7, 11) is 1.27. The Kier molecular flexibility index (Phi) is 3.43. The number of rotatable bonds is 4. The summed E-state index contributed by atoms with van der Waals surface area (Å²) in [6.45, 7) is 0. The Hall–Kier alpha value is -2.64. The van der Waals surface area contributed by atoms with Crippen molar-refractivity contribution < 1.29 is 19.2 Å². The van der Waals surface area contributed by atoms with Crippen LogP contribution in [0.15, 0.2) is 42.7 Å². The Morgan fingerprint density at radius 2 is 2.10 bits per heavy atom. The molecule has 0 aliphatic heterocycles. The molecule has 2 aromatic heterocycles. The fraction of sp³-hybridized carbons (Fsp3) is 0.0714. The van der Waals surface area contributed by atoms with Crippen molar-refractivity contribution in [1.29, 1.82) is 0 Å². The largest absolute Gasteiger partial charge is 0.453 e. The molecule has 2 N–H and O–H groups in total. The quantitative estimate of drug-likeness (QED) is 0.721. The minimum Gasteiger partial charge on any atom is -0.453 e. The molecule has 0 bridgehead atoms. The van der Waals surface area contributed by atoms with Crippen molar-refractivity contribution in [2.24, 2.45) is 0 Å². The standard InChI is InChI=1S/C14H12FN3O3/c1-20-18(19)9-2-3-13(11(15)8-9)21-12-5-7-17-14-10(12)4-6-16-14/h2-8,19H,1H3,(H,16,17).